The third-order valence-corrected chi connectivity index (χ3v) is 2.46. The zero-order valence-corrected chi connectivity index (χ0v) is 9.43. The van der Waals surface area contributed by atoms with Gasteiger partial charge in [-0.05, 0) is 25.1 Å². The molecule has 0 unspecified atom stereocenters. The normalized spacial score (nSPS) is 10.6. The van der Waals surface area contributed by atoms with Gasteiger partial charge in [0.05, 0.1) is 12.2 Å². The summed E-state index contributed by atoms with van der Waals surface area (Å²) in [6.45, 7) is 4.66. The van der Waals surface area contributed by atoms with E-state index in [1.54, 1.807) is 0 Å². The Morgan fingerprint density at radius 1 is 1.25 bits per heavy atom. The van der Waals surface area contributed by atoms with Crippen LogP contribution in [0.3, 0.4) is 0 Å². The van der Waals surface area contributed by atoms with Gasteiger partial charge in [0.1, 0.15) is 0 Å². The van der Waals surface area contributed by atoms with Crippen molar-refractivity contribution in [1.82, 2.24) is 20.1 Å². The fraction of sp³-hybridized carbons (Fsp3) is 0.333. The Hall–Kier alpha value is -1.68. The zero-order valence-electron chi connectivity index (χ0n) is 9.43. The van der Waals surface area contributed by atoms with Crippen molar-refractivity contribution in [2.45, 2.75) is 20.0 Å². The highest BCUT2D eigenvalue weighted by atomic mass is 15.3. The predicted molar refractivity (Wildman–Crippen MR) is 62.9 cm³/mol. The maximum Gasteiger partial charge on any atom is 0.0541 e. The van der Waals surface area contributed by atoms with E-state index in [0.717, 1.165) is 25.3 Å². The first-order chi connectivity index (χ1) is 7.86. The molecule has 2 rings (SSSR count). The Morgan fingerprint density at radius 2 is 2.19 bits per heavy atom. The van der Waals surface area contributed by atoms with Crippen LogP contribution >= 0.6 is 0 Å². The van der Waals surface area contributed by atoms with Crippen LogP contribution in [-0.2, 0) is 13.1 Å². The van der Waals surface area contributed by atoms with Gasteiger partial charge in [-0.1, -0.05) is 6.07 Å². The molecule has 0 aliphatic heterocycles. The summed E-state index contributed by atoms with van der Waals surface area (Å²) in [6.07, 6.45) is 3.64. The summed E-state index contributed by atoms with van der Waals surface area (Å²) in [5.74, 6) is 0. The topological polar surface area (TPSA) is 42.7 Å². The van der Waals surface area contributed by atoms with E-state index in [2.05, 4.69) is 22.3 Å². The Kier molecular flexibility index (Phi) is 3.66. The Morgan fingerprint density at radius 3 is 2.88 bits per heavy atom. The maximum atomic E-state index is 4.25. The molecule has 16 heavy (non-hydrogen) atoms. The van der Waals surface area contributed by atoms with Crippen LogP contribution in [0.5, 0.6) is 0 Å². The third kappa shape index (κ3) is 2.90. The van der Waals surface area contributed by atoms with Gasteiger partial charge in [-0.2, -0.15) is 5.10 Å². The van der Waals surface area contributed by atoms with Crippen molar-refractivity contribution in [3.63, 3.8) is 0 Å². The summed E-state index contributed by atoms with van der Waals surface area (Å²) >= 11 is 0. The van der Waals surface area contributed by atoms with Crippen molar-refractivity contribution in [2.75, 3.05) is 6.54 Å². The maximum absolute atomic E-state index is 4.25. The molecule has 0 aliphatic rings. The standard InChI is InChI=1S/C12H16N4/c1-11-5-7-15-16(11)9-8-13-10-12-4-2-3-6-14-12/h2-7,13H,8-10H2,1H3. The Balaban J connectivity index is 1.72. The van der Waals surface area contributed by atoms with Crippen LogP contribution in [0.4, 0.5) is 0 Å². The molecule has 2 aromatic heterocycles. The van der Waals surface area contributed by atoms with Crippen LogP contribution in [0.2, 0.25) is 0 Å². The molecule has 0 saturated carbocycles. The molecule has 0 radical (unpaired) electrons. The lowest BCUT2D eigenvalue weighted by Gasteiger charge is -2.06. The van der Waals surface area contributed by atoms with Crippen molar-refractivity contribution in [2.24, 2.45) is 0 Å². The highest BCUT2D eigenvalue weighted by molar-refractivity contribution is 5.02. The minimum atomic E-state index is 0.807. The quantitative estimate of drug-likeness (QED) is 0.768. The summed E-state index contributed by atoms with van der Waals surface area (Å²) in [7, 11) is 0. The van der Waals surface area contributed by atoms with E-state index < -0.39 is 0 Å². The van der Waals surface area contributed by atoms with Gasteiger partial charge in [0.25, 0.3) is 0 Å². The zero-order chi connectivity index (χ0) is 11.2. The van der Waals surface area contributed by atoms with E-state index in [1.807, 2.05) is 41.3 Å². The summed E-state index contributed by atoms with van der Waals surface area (Å²) in [5.41, 5.74) is 2.26. The molecule has 1 N–H and O–H groups in total. The van der Waals surface area contributed by atoms with Crippen LogP contribution in [0, 0.1) is 6.92 Å². The molecular weight excluding hydrogens is 200 g/mol. The minimum Gasteiger partial charge on any atom is -0.309 e. The van der Waals surface area contributed by atoms with E-state index in [4.69, 9.17) is 0 Å². The summed E-state index contributed by atoms with van der Waals surface area (Å²) in [4.78, 5) is 4.25. The Labute approximate surface area is 95.3 Å². The van der Waals surface area contributed by atoms with Crippen molar-refractivity contribution in [3.8, 4) is 0 Å². The number of nitrogens with one attached hydrogen (secondary N) is 1. The molecule has 0 bridgehead atoms. The van der Waals surface area contributed by atoms with E-state index in [1.165, 1.54) is 5.69 Å². The SMILES string of the molecule is Cc1ccnn1CCNCc1ccccn1. The van der Waals surface area contributed by atoms with Crippen molar-refractivity contribution in [3.05, 3.63) is 48.0 Å². The fourth-order valence-electron chi connectivity index (χ4n) is 1.54. The molecule has 2 heterocycles. The minimum absolute atomic E-state index is 0.807. The summed E-state index contributed by atoms with van der Waals surface area (Å²) < 4.78 is 1.99. The molecule has 4 heteroatoms. The largest absolute Gasteiger partial charge is 0.309 e. The van der Waals surface area contributed by atoms with E-state index >= 15 is 0 Å². The molecular formula is C12H16N4. The van der Waals surface area contributed by atoms with Gasteiger partial charge in [-0.3, -0.25) is 9.67 Å². The molecule has 4 nitrogen and oxygen atoms in total. The molecule has 0 aliphatic carbocycles. The fourth-order valence-corrected chi connectivity index (χ4v) is 1.54. The second-order valence-corrected chi connectivity index (χ2v) is 3.69. The van der Waals surface area contributed by atoms with Gasteiger partial charge >= 0.3 is 0 Å². The average molecular weight is 216 g/mol. The van der Waals surface area contributed by atoms with E-state index in [0.29, 0.717) is 0 Å². The van der Waals surface area contributed by atoms with Crippen LogP contribution in [-0.4, -0.2) is 21.3 Å². The first-order valence-corrected chi connectivity index (χ1v) is 5.45. The monoisotopic (exact) mass is 216 g/mol. The van der Waals surface area contributed by atoms with Gasteiger partial charge in [0.15, 0.2) is 0 Å². The molecule has 84 valence electrons. The second kappa shape index (κ2) is 5.42. The molecule has 0 amide bonds. The third-order valence-electron chi connectivity index (χ3n) is 2.46. The number of rotatable bonds is 5. The van der Waals surface area contributed by atoms with E-state index in [9.17, 15) is 0 Å². The number of hydrogen-bond acceptors (Lipinski definition) is 3. The van der Waals surface area contributed by atoms with Gasteiger partial charge in [-0.25, -0.2) is 0 Å². The molecule has 0 spiro atoms. The second-order valence-electron chi connectivity index (χ2n) is 3.69. The van der Waals surface area contributed by atoms with Crippen LogP contribution < -0.4 is 5.32 Å². The smallest absolute Gasteiger partial charge is 0.0541 e. The molecule has 0 fully saturated rings. The highest BCUT2D eigenvalue weighted by Crippen LogP contribution is 1.95. The lowest BCUT2D eigenvalue weighted by atomic mass is 10.3. The van der Waals surface area contributed by atoms with Crippen LogP contribution in [0.25, 0.3) is 0 Å². The Bertz CT molecular complexity index is 422. The number of hydrogen-bond donors (Lipinski definition) is 1. The molecule has 0 aromatic carbocycles. The molecule has 2 aromatic rings. The van der Waals surface area contributed by atoms with Gasteiger partial charge < -0.3 is 5.32 Å². The number of aromatic nitrogens is 3. The lowest BCUT2D eigenvalue weighted by Crippen LogP contribution is -2.21. The van der Waals surface area contributed by atoms with Crippen molar-refractivity contribution < 1.29 is 0 Å². The first kappa shape index (κ1) is 10.8. The van der Waals surface area contributed by atoms with Crippen LogP contribution in [0.1, 0.15) is 11.4 Å². The number of aryl methyl sites for hydroxylation is 1. The summed E-state index contributed by atoms with van der Waals surface area (Å²) in [6, 6.07) is 7.96. The summed E-state index contributed by atoms with van der Waals surface area (Å²) in [5, 5.41) is 7.57. The molecule has 0 saturated heterocycles. The predicted octanol–water partition coefficient (Wildman–Crippen LogP) is 1.38. The molecule has 0 atom stereocenters. The van der Waals surface area contributed by atoms with Crippen LogP contribution in [0.15, 0.2) is 36.7 Å². The van der Waals surface area contributed by atoms with Gasteiger partial charge in [-0.15, -0.1) is 0 Å². The van der Waals surface area contributed by atoms with Gasteiger partial charge in [0.2, 0.25) is 0 Å². The van der Waals surface area contributed by atoms with E-state index in [-0.39, 0.29) is 0 Å². The van der Waals surface area contributed by atoms with Gasteiger partial charge in [0, 0.05) is 31.2 Å². The van der Waals surface area contributed by atoms with Crippen molar-refractivity contribution >= 4 is 0 Å². The average Bonchev–Trinajstić information content (AvgIpc) is 2.72. The number of nitrogens with zero attached hydrogens (tertiary/aromatic N) is 3. The number of pyridine rings is 1. The first-order valence-electron chi connectivity index (χ1n) is 5.45. The lowest BCUT2D eigenvalue weighted by molar-refractivity contribution is 0.542. The highest BCUT2D eigenvalue weighted by Gasteiger charge is 1.96. The van der Waals surface area contributed by atoms with Crippen molar-refractivity contribution in [1.29, 1.82) is 0 Å².